The van der Waals surface area contributed by atoms with Gasteiger partial charge in [0.25, 0.3) is 0 Å². The number of carbonyl (C=O) groups excluding carboxylic acids is 3. The molecule has 31 heavy (non-hydrogen) atoms. The highest BCUT2D eigenvalue weighted by Crippen LogP contribution is 2.22. The largest absolute Gasteiger partial charge is 0.383 e. The van der Waals surface area contributed by atoms with Gasteiger partial charge in [-0.2, -0.15) is 0 Å². The molecule has 0 atom stereocenters. The predicted octanol–water partition coefficient (Wildman–Crippen LogP) is 4.16. The summed E-state index contributed by atoms with van der Waals surface area (Å²) in [7, 11) is 0. The first-order valence-electron chi connectivity index (χ1n) is 10.0. The van der Waals surface area contributed by atoms with Gasteiger partial charge in [-0.05, 0) is 49.6 Å². The third-order valence-electron chi connectivity index (χ3n) is 4.78. The van der Waals surface area contributed by atoms with Crippen LogP contribution in [0.4, 0.5) is 11.4 Å². The van der Waals surface area contributed by atoms with E-state index in [1.807, 2.05) is 24.3 Å². The van der Waals surface area contributed by atoms with Gasteiger partial charge in [0.1, 0.15) is 0 Å². The lowest BCUT2D eigenvalue weighted by molar-refractivity contribution is -0.118. The number of anilines is 2. The summed E-state index contributed by atoms with van der Waals surface area (Å²) in [6, 6.07) is 20.7. The van der Waals surface area contributed by atoms with Crippen molar-refractivity contribution in [2.24, 2.45) is 0 Å². The van der Waals surface area contributed by atoms with E-state index in [2.05, 4.69) is 34.1 Å². The molecule has 0 fully saturated rings. The minimum atomic E-state index is -0.405. The predicted molar refractivity (Wildman–Crippen MR) is 124 cm³/mol. The highest BCUT2D eigenvalue weighted by atomic mass is 16.2. The molecule has 3 aromatic carbocycles. The lowest BCUT2D eigenvalue weighted by Crippen LogP contribution is -2.29. The summed E-state index contributed by atoms with van der Waals surface area (Å²) < 4.78 is 0. The van der Waals surface area contributed by atoms with Crippen molar-refractivity contribution in [3.63, 3.8) is 0 Å². The number of nitrogens with one attached hydrogen (secondary N) is 3. The first kappa shape index (κ1) is 21.8. The Morgan fingerprint density at radius 3 is 2.29 bits per heavy atom. The number of rotatable bonds is 8. The van der Waals surface area contributed by atoms with Crippen molar-refractivity contribution in [3.05, 3.63) is 83.9 Å². The number of Topliss-reactive ketones (excluding diaryl/α,β-unsaturated/α-hetero) is 1. The Hall–Kier alpha value is -3.93. The van der Waals surface area contributed by atoms with E-state index < -0.39 is 5.91 Å². The van der Waals surface area contributed by atoms with Gasteiger partial charge in [0.05, 0.1) is 0 Å². The van der Waals surface area contributed by atoms with Gasteiger partial charge in [0.15, 0.2) is 5.78 Å². The molecule has 0 heterocycles. The van der Waals surface area contributed by atoms with E-state index in [0.29, 0.717) is 29.9 Å². The standard InChI is InChI=1S/C25H25N3O3/c1-17(16-24(30)28-21-12-10-19(11-13-21)18(2)29)25(31)27-15-14-26-23-9-5-7-20-6-3-4-8-22(20)23/h3-13,16,26H,14-15H2,1-2H3,(H,27,31)(H,28,30)/b17-16-. The topological polar surface area (TPSA) is 87.3 Å². The molecular weight excluding hydrogens is 390 g/mol. The molecule has 6 nitrogen and oxygen atoms in total. The van der Waals surface area contributed by atoms with Gasteiger partial charge in [-0.1, -0.05) is 36.4 Å². The van der Waals surface area contributed by atoms with E-state index in [-0.39, 0.29) is 11.7 Å². The summed E-state index contributed by atoms with van der Waals surface area (Å²) >= 11 is 0. The summed E-state index contributed by atoms with van der Waals surface area (Å²) in [5.74, 6) is -0.751. The van der Waals surface area contributed by atoms with Crippen LogP contribution in [0.25, 0.3) is 10.8 Å². The third kappa shape index (κ3) is 6.02. The van der Waals surface area contributed by atoms with Crippen molar-refractivity contribution in [2.45, 2.75) is 13.8 Å². The average Bonchev–Trinajstić information content (AvgIpc) is 2.76. The summed E-state index contributed by atoms with van der Waals surface area (Å²) in [6.07, 6.45) is 1.26. The van der Waals surface area contributed by atoms with Crippen LogP contribution in [0.15, 0.2) is 78.4 Å². The van der Waals surface area contributed by atoms with E-state index in [0.717, 1.165) is 16.5 Å². The van der Waals surface area contributed by atoms with Gasteiger partial charge in [-0.3, -0.25) is 14.4 Å². The van der Waals surface area contributed by atoms with Crippen molar-refractivity contribution in [2.75, 3.05) is 23.7 Å². The molecule has 3 aromatic rings. The second kappa shape index (κ2) is 10.2. The average molecular weight is 415 g/mol. The van der Waals surface area contributed by atoms with Crippen LogP contribution in [-0.2, 0) is 9.59 Å². The van der Waals surface area contributed by atoms with Crippen LogP contribution in [0.1, 0.15) is 24.2 Å². The molecule has 0 unspecified atom stereocenters. The zero-order valence-corrected chi connectivity index (χ0v) is 17.6. The summed E-state index contributed by atoms with van der Waals surface area (Å²) in [6.45, 7) is 4.05. The van der Waals surface area contributed by atoms with Gasteiger partial charge < -0.3 is 16.0 Å². The summed E-state index contributed by atoms with van der Waals surface area (Å²) in [4.78, 5) is 35.7. The number of fused-ring (bicyclic) bond motifs is 1. The van der Waals surface area contributed by atoms with Crippen LogP contribution in [-0.4, -0.2) is 30.7 Å². The fourth-order valence-electron chi connectivity index (χ4n) is 3.12. The molecule has 0 radical (unpaired) electrons. The number of carbonyl (C=O) groups is 3. The van der Waals surface area contributed by atoms with Crippen LogP contribution in [0, 0.1) is 0 Å². The zero-order chi connectivity index (χ0) is 22.2. The van der Waals surface area contributed by atoms with Crippen LogP contribution >= 0.6 is 0 Å². The van der Waals surface area contributed by atoms with Crippen molar-refractivity contribution >= 4 is 39.7 Å². The van der Waals surface area contributed by atoms with E-state index in [4.69, 9.17) is 0 Å². The fraction of sp³-hybridized carbons (Fsp3) is 0.160. The van der Waals surface area contributed by atoms with Crippen LogP contribution in [0.5, 0.6) is 0 Å². The van der Waals surface area contributed by atoms with Crippen LogP contribution < -0.4 is 16.0 Å². The fourth-order valence-corrected chi connectivity index (χ4v) is 3.12. The van der Waals surface area contributed by atoms with Gasteiger partial charge in [-0.25, -0.2) is 0 Å². The molecule has 0 aromatic heterocycles. The SMILES string of the molecule is CC(=O)c1ccc(NC(=O)/C=C(/C)C(=O)NCCNc2cccc3ccccc23)cc1. The van der Waals surface area contributed by atoms with Gasteiger partial charge >= 0.3 is 0 Å². The van der Waals surface area contributed by atoms with Crippen molar-refractivity contribution in [3.8, 4) is 0 Å². The number of amides is 2. The monoisotopic (exact) mass is 415 g/mol. The smallest absolute Gasteiger partial charge is 0.248 e. The first-order valence-corrected chi connectivity index (χ1v) is 10.0. The zero-order valence-electron chi connectivity index (χ0n) is 17.6. The molecule has 0 aliphatic rings. The molecule has 2 amide bonds. The second-order valence-electron chi connectivity index (χ2n) is 7.16. The van der Waals surface area contributed by atoms with E-state index in [1.165, 1.54) is 13.0 Å². The number of hydrogen-bond donors (Lipinski definition) is 3. The quantitative estimate of drug-likeness (QED) is 0.293. The van der Waals surface area contributed by atoms with Gasteiger partial charge in [-0.15, -0.1) is 0 Å². The molecule has 158 valence electrons. The Kier molecular flexibility index (Phi) is 7.17. The highest BCUT2D eigenvalue weighted by Gasteiger charge is 2.07. The number of benzene rings is 3. The second-order valence-corrected chi connectivity index (χ2v) is 7.16. The Morgan fingerprint density at radius 2 is 1.55 bits per heavy atom. The van der Waals surface area contributed by atoms with Gasteiger partial charge in [0, 0.05) is 47.1 Å². The Labute approximate surface area is 181 Å². The number of hydrogen-bond acceptors (Lipinski definition) is 4. The molecule has 0 spiro atoms. The van der Waals surface area contributed by atoms with E-state index in [1.54, 1.807) is 31.2 Å². The van der Waals surface area contributed by atoms with E-state index >= 15 is 0 Å². The molecule has 0 aliphatic carbocycles. The molecule has 3 N–H and O–H groups in total. The van der Waals surface area contributed by atoms with Crippen LogP contribution in [0.3, 0.4) is 0 Å². The molecule has 0 aliphatic heterocycles. The first-order chi connectivity index (χ1) is 14.9. The molecule has 0 saturated carbocycles. The summed E-state index contributed by atoms with van der Waals surface area (Å²) in [5.41, 5.74) is 2.44. The van der Waals surface area contributed by atoms with Crippen LogP contribution in [0.2, 0.25) is 0 Å². The van der Waals surface area contributed by atoms with Gasteiger partial charge in [0.2, 0.25) is 11.8 Å². The summed E-state index contributed by atoms with van der Waals surface area (Å²) in [5, 5.41) is 11.1. The Balaban J connectivity index is 1.47. The lowest BCUT2D eigenvalue weighted by Gasteiger charge is -2.11. The normalized spacial score (nSPS) is 11.1. The van der Waals surface area contributed by atoms with Crippen molar-refractivity contribution in [1.82, 2.24) is 5.32 Å². The molecule has 0 saturated heterocycles. The highest BCUT2D eigenvalue weighted by molar-refractivity contribution is 6.06. The maximum atomic E-state index is 12.2. The number of ketones is 1. The minimum Gasteiger partial charge on any atom is -0.383 e. The molecule has 0 bridgehead atoms. The third-order valence-corrected chi connectivity index (χ3v) is 4.78. The maximum absolute atomic E-state index is 12.2. The van der Waals surface area contributed by atoms with Crippen molar-refractivity contribution in [1.29, 1.82) is 0 Å². The van der Waals surface area contributed by atoms with E-state index in [9.17, 15) is 14.4 Å². The Bertz CT molecular complexity index is 1130. The Morgan fingerprint density at radius 1 is 0.839 bits per heavy atom. The molecule has 3 rings (SSSR count). The minimum absolute atomic E-state index is 0.0415. The van der Waals surface area contributed by atoms with Crippen molar-refractivity contribution < 1.29 is 14.4 Å². The molecule has 6 heteroatoms. The molecular formula is C25H25N3O3. The lowest BCUT2D eigenvalue weighted by atomic mass is 10.1. The maximum Gasteiger partial charge on any atom is 0.248 e.